The van der Waals surface area contributed by atoms with Crippen molar-refractivity contribution in [1.82, 2.24) is 4.98 Å². The summed E-state index contributed by atoms with van der Waals surface area (Å²) in [6.45, 7) is 0. The highest BCUT2D eigenvalue weighted by Gasteiger charge is 2.05. The van der Waals surface area contributed by atoms with Crippen molar-refractivity contribution in [2.24, 2.45) is 0 Å². The van der Waals surface area contributed by atoms with Gasteiger partial charge < -0.3 is 5.32 Å². The van der Waals surface area contributed by atoms with Gasteiger partial charge in [-0.3, -0.25) is 4.98 Å². The van der Waals surface area contributed by atoms with Crippen molar-refractivity contribution < 1.29 is 0 Å². The molecule has 19 heavy (non-hydrogen) atoms. The standard InChI is InChI=1S/C15H10Cl2N2/c16-10-5-6-15(12(17)9-10)19-14-7-8-18-13-4-2-1-3-11(13)14/h1-9H,(H,18,19). The van der Waals surface area contributed by atoms with E-state index in [1.807, 2.05) is 36.4 Å². The Morgan fingerprint density at radius 2 is 1.74 bits per heavy atom. The van der Waals surface area contributed by atoms with Gasteiger partial charge in [-0.25, -0.2) is 0 Å². The van der Waals surface area contributed by atoms with Gasteiger partial charge in [0, 0.05) is 22.3 Å². The number of nitrogens with zero attached hydrogens (tertiary/aromatic N) is 1. The first-order chi connectivity index (χ1) is 9.24. The average Bonchev–Trinajstić information content (AvgIpc) is 2.42. The Morgan fingerprint density at radius 3 is 2.58 bits per heavy atom. The lowest BCUT2D eigenvalue weighted by molar-refractivity contribution is 1.40. The second kappa shape index (κ2) is 5.08. The van der Waals surface area contributed by atoms with E-state index in [4.69, 9.17) is 23.2 Å². The second-order valence-electron chi connectivity index (χ2n) is 4.12. The van der Waals surface area contributed by atoms with Gasteiger partial charge in [0.2, 0.25) is 0 Å². The predicted octanol–water partition coefficient (Wildman–Crippen LogP) is 5.29. The summed E-state index contributed by atoms with van der Waals surface area (Å²) in [5.41, 5.74) is 2.73. The van der Waals surface area contributed by atoms with Gasteiger partial charge in [-0.1, -0.05) is 41.4 Å². The molecule has 1 aromatic heterocycles. The molecule has 4 heteroatoms. The molecule has 0 aliphatic carbocycles. The fourth-order valence-electron chi connectivity index (χ4n) is 1.94. The molecule has 0 atom stereocenters. The number of anilines is 2. The number of para-hydroxylation sites is 1. The van der Waals surface area contributed by atoms with E-state index in [9.17, 15) is 0 Å². The van der Waals surface area contributed by atoms with E-state index in [2.05, 4.69) is 10.3 Å². The first kappa shape index (κ1) is 12.3. The number of fused-ring (bicyclic) bond motifs is 1. The summed E-state index contributed by atoms with van der Waals surface area (Å²) in [6.07, 6.45) is 1.77. The summed E-state index contributed by atoms with van der Waals surface area (Å²) in [7, 11) is 0. The SMILES string of the molecule is Clc1ccc(Nc2ccnc3ccccc23)c(Cl)c1. The molecule has 0 saturated heterocycles. The molecule has 2 nitrogen and oxygen atoms in total. The molecular weight excluding hydrogens is 279 g/mol. The number of pyridine rings is 1. The van der Waals surface area contributed by atoms with Gasteiger partial charge in [-0.15, -0.1) is 0 Å². The van der Waals surface area contributed by atoms with Crippen LogP contribution in [0.4, 0.5) is 11.4 Å². The normalized spacial score (nSPS) is 10.6. The fourth-order valence-corrected chi connectivity index (χ4v) is 2.40. The van der Waals surface area contributed by atoms with Crippen LogP contribution < -0.4 is 5.32 Å². The lowest BCUT2D eigenvalue weighted by atomic mass is 10.2. The van der Waals surface area contributed by atoms with Crippen molar-refractivity contribution in [2.45, 2.75) is 0 Å². The molecule has 3 aromatic rings. The molecule has 0 fully saturated rings. The summed E-state index contributed by atoms with van der Waals surface area (Å²) in [6, 6.07) is 15.3. The van der Waals surface area contributed by atoms with Gasteiger partial charge in [0.05, 0.1) is 16.2 Å². The summed E-state index contributed by atoms with van der Waals surface area (Å²) in [4.78, 5) is 4.33. The van der Waals surface area contributed by atoms with Crippen LogP contribution in [0.2, 0.25) is 10.0 Å². The smallest absolute Gasteiger partial charge is 0.0722 e. The Labute approximate surface area is 121 Å². The van der Waals surface area contributed by atoms with Gasteiger partial charge in [0.1, 0.15) is 0 Å². The highest BCUT2D eigenvalue weighted by molar-refractivity contribution is 6.36. The minimum absolute atomic E-state index is 0.591. The highest BCUT2D eigenvalue weighted by Crippen LogP contribution is 2.30. The highest BCUT2D eigenvalue weighted by atomic mass is 35.5. The van der Waals surface area contributed by atoms with E-state index in [0.717, 1.165) is 22.3 Å². The monoisotopic (exact) mass is 288 g/mol. The number of benzene rings is 2. The molecule has 94 valence electrons. The van der Waals surface area contributed by atoms with Gasteiger partial charge in [0.15, 0.2) is 0 Å². The third-order valence-electron chi connectivity index (χ3n) is 2.85. The van der Waals surface area contributed by atoms with E-state index in [-0.39, 0.29) is 0 Å². The van der Waals surface area contributed by atoms with Gasteiger partial charge in [-0.05, 0) is 30.3 Å². The minimum Gasteiger partial charge on any atom is -0.354 e. The maximum absolute atomic E-state index is 6.17. The van der Waals surface area contributed by atoms with Crippen molar-refractivity contribution in [3.63, 3.8) is 0 Å². The van der Waals surface area contributed by atoms with Crippen LogP contribution in [0.3, 0.4) is 0 Å². The van der Waals surface area contributed by atoms with Crippen LogP contribution in [0.5, 0.6) is 0 Å². The third-order valence-corrected chi connectivity index (χ3v) is 3.40. The average molecular weight is 289 g/mol. The maximum Gasteiger partial charge on any atom is 0.0722 e. The van der Waals surface area contributed by atoms with Crippen LogP contribution in [0, 0.1) is 0 Å². The van der Waals surface area contributed by atoms with Crippen LogP contribution in [-0.2, 0) is 0 Å². The number of rotatable bonds is 2. The molecule has 0 spiro atoms. The Bertz CT molecular complexity index is 736. The zero-order valence-electron chi connectivity index (χ0n) is 9.90. The molecule has 0 unspecified atom stereocenters. The number of aromatic nitrogens is 1. The Morgan fingerprint density at radius 1 is 0.895 bits per heavy atom. The van der Waals surface area contributed by atoms with Crippen LogP contribution in [0.1, 0.15) is 0 Å². The second-order valence-corrected chi connectivity index (χ2v) is 4.97. The summed E-state index contributed by atoms with van der Waals surface area (Å²) in [5, 5.41) is 5.58. The zero-order chi connectivity index (χ0) is 13.2. The third kappa shape index (κ3) is 2.50. The van der Waals surface area contributed by atoms with E-state index in [0.29, 0.717) is 10.0 Å². The van der Waals surface area contributed by atoms with Crippen LogP contribution in [-0.4, -0.2) is 4.98 Å². The molecule has 0 bridgehead atoms. The van der Waals surface area contributed by atoms with Crippen molar-refractivity contribution >= 4 is 45.5 Å². The number of hydrogen-bond donors (Lipinski definition) is 1. The van der Waals surface area contributed by atoms with Crippen LogP contribution in [0.15, 0.2) is 54.7 Å². The zero-order valence-corrected chi connectivity index (χ0v) is 11.4. The number of nitrogens with one attached hydrogen (secondary N) is 1. The maximum atomic E-state index is 6.17. The van der Waals surface area contributed by atoms with E-state index < -0.39 is 0 Å². The first-order valence-corrected chi connectivity index (χ1v) is 6.55. The lowest BCUT2D eigenvalue weighted by Crippen LogP contribution is -1.93. The van der Waals surface area contributed by atoms with E-state index in [1.165, 1.54) is 0 Å². The molecular formula is C15H10Cl2N2. The molecule has 3 rings (SSSR count). The van der Waals surface area contributed by atoms with Crippen LogP contribution in [0.25, 0.3) is 10.9 Å². The van der Waals surface area contributed by atoms with Gasteiger partial charge >= 0.3 is 0 Å². The quantitative estimate of drug-likeness (QED) is 0.693. The molecule has 2 aromatic carbocycles. The first-order valence-electron chi connectivity index (χ1n) is 5.80. The van der Waals surface area contributed by atoms with Crippen molar-refractivity contribution in [1.29, 1.82) is 0 Å². The topological polar surface area (TPSA) is 24.9 Å². The molecule has 0 saturated carbocycles. The molecule has 1 heterocycles. The molecule has 0 aliphatic rings. The van der Waals surface area contributed by atoms with Crippen molar-refractivity contribution in [3.05, 3.63) is 64.8 Å². The van der Waals surface area contributed by atoms with E-state index in [1.54, 1.807) is 18.3 Å². The largest absolute Gasteiger partial charge is 0.354 e. The van der Waals surface area contributed by atoms with Crippen LogP contribution >= 0.6 is 23.2 Å². The minimum atomic E-state index is 0.591. The number of halogens is 2. The Kier molecular flexibility index (Phi) is 3.28. The summed E-state index contributed by atoms with van der Waals surface area (Å²) >= 11 is 12.1. The summed E-state index contributed by atoms with van der Waals surface area (Å²) in [5.74, 6) is 0. The number of hydrogen-bond acceptors (Lipinski definition) is 2. The molecule has 0 aliphatic heterocycles. The summed E-state index contributed by atoms with van der Waals surface area (Å²) < 4.78 is 0. The lowest BCUT2D eigenvalue weighted by Gasteiger charge is -2.11. The van der Waals surface area contributed by atoms with Crippen molar-refractivity contribution in [2.75, 3.05) is 5.32 Å². The van der Waals surface area contributed by atoms with Gasteiger partial charge in [-0.2, -0.15) is 0 Å². The fraction of sp³-hybridized carbons (Fsp3) is 0. The van der Waals surface area contributed by atoms with E-state index >= 15 is 0 Å². The molecule has 0 amide bonds. The Hall–Kier alpha value is -1.77. The molecule has 1 N–H and O–H groups in total. The Balaban J connectivity index is 2.06. The predicted molar refractivity (Wildman–Crippen MR) is 81.5 cm³/mol. The van der Waals surface area contributed by atoms with Gasteiger partial charge in [0.25, 0.3) is 0 Å². The molecule has 0 radical (unpaired) electrons. The van der Waals surface area contributed by atoms with Crippen molar-refractivity contribution in [3.8, 4) is 0 Å².